The first kappa shape index (κ1) is 16.8. The molecule has 1 N–H and O–H groups in total. The minimum absolute atomic E-state index is 0.000164. The molecule has 2 amide bonds. The number of aromatic nitrogens is 1. The van der Waals surface area contributed by atoms with E-state index in [1.54, 1.807) is 41.0 Å². The number of hydrogen-bond donors (Lipinski definition) is 1. The number of carbonyl (C=O) groups excluding carboxylic acids is 2. The van der Waals surface area contributed by atoms with Crippen LogP contribution in [0.2, 0.25) is 0 Å². The number of amides is 2. The normalized spacial score (nSPS) is 14.3. The largest absolute Gasteiger partial charge is 0.335 e. The van der Waals surface area contributed by atoms with Crippen LogP contribution in [0.5, 0.6) is 0 Å². The van der Waals surface area contributed by atoms with Gasteiger partial charge in [-0.2, -0.15) is 0 Å². The summed E-state index contributed by atoms with van der Waals surface area (Å²) >= 11 is 0. The van der Waals surface area contributed by atoms with Crippen molar-refractivity contribution in [2.24, 2.45) is 0 Å². The molecule has 1 fully saturated rings. The molecule has 128 valence electrons. The van der Waals surface area contributed by atoms with Crippen LogP contribution in [-0.4, -0.2) is 58.5 Å². The maximum atomic E-state index is 12.6. The van der Waals surface area contributed by atoms with Gasteiger partial charge < -0.3 is 15.2 Å². The molecule has 0 bridgehead atoms. The van der Waals surface area contributed by atoms with E-state index in [2.05, 4.69) is 4.98 Å². The fourth-order valence-electron chi connectivity index (χ4n) is 2.80. The quantitative estimate of drug-likeness (QED) is 0.872. The molecule has 0 aliphatic carbocycles. The fraction of sp³-hybridized carbons (Fsp3) is 0.263. The van der Waals surface area contributed by atoms with Crippen molar-refractivity contribution in [3.05, 3.63) is 65.5 Å². The van der Waals surface area contributed by atoms with E-state index in [-0.39, 0.29) is 11.8 Å². The Morgan fingerprint density at radius 2 is 1.44 bits per heavy atom. The topological polar surface area (TPSA) is 77.4 Å². The predicted octanol–water partition coefficient (Wildman–Crippen LogP) is 2.07. The molecule has 1 saturated heterocycles. The van der Waals surface area contributed by atoms with Gasteiger partial charge in [-0.25, -0.2) is 0 Å². The second-order valence-electron chi connectivity index (χ2n) is 6.01. The molecule has 0 radical (unpaired) electrons. The van der Waals surface area contributed by atoms with Gasteiger partial charge in [0.15, 0.2) is 0 Å². The molecule has 1 aliphatic rings. The summed E-state index contributed by atoms with van der Waals surface area (Å²) in [5.41, 5.74) is 2.11. The molecule has 1 aromatic carbocycles. The molecule has 6 heteroatoms. The zero-order valence-electron chi connectivity index (χ0n) is 14.1. The highest BCUT2D eigenvalue weighted by molar-refractivity contribution is 5.97. The highest BCUT2D eigenvalue weighted by Crippen LogP contribution is 2.12. The SMILES string of the molecule is CC(=N)c1ccc(C(=O)N2CCN(C(=O)c3ccccc3)CC2)cn1. The van der Waals surface area contributed by atoms with Crippen molar-refractivity contribution in [1.29, 1.82) is 5.41 Å². The number of rotatable bonds is 3. The van der Waals surface area contributed by atoms with Crippen LogP contribution in [0.3, 0.4) is 0 Å². The molecule has 0 unspecified atom stereocenters. The van der Waals surface area contributed by atoms with Gasteiger partial charge in [-0.15, -0.1) is 0 Å². The highest BCUT2D eigenvalue weighted by atomic mass is 16.2. The third-order valence-electron chi connectivity index (χ3n) is 4.27. The first-order chi connectivity index (χ1) is 12.1. The Morgan fingerprint density at radius 1 is 0.880 bits per heavy atom. The highest BCUT2D eigenvalue weighted by Gasteiger charge is 2.25. The standard InChI is InChI=1S/C19H20N4O2/c1-14(20)17-8-7-16(13-21-17)19(25)23-11-9-22(10-12-23)18(24)15-5-3-2-4-6-15/h2-8,13,20H,9-12H2,1H3. The maximum absolute atomic E-state index is 12.6. The number of hydrogen-bond acceptors (Lipinski definition) is 4. The van der Waals surface area contributed by atoms with Crippen LogP contribution in [-0.2, 0) is 0 Å². The van der Waals surface area contributed by atoms with Crippen LogP contribution < -0.4 is 0 Å². The summed E-state index contributed by atoms with van der Waals surface area (Å²) in [4.78, 5) is 32.7. The summed E-state index contributed by atoms with van der Waals surface area (Å²) in [6.07, 6.45) is 1.51. The predicted molar refractivity (Wildman–Crippen MR) is 95.0 cm³/mol. The van der Waals surface area contributed by atoms with Crippen LogP contribution >= 0.6 is 0 Å². The molecule has 2 heterocycles. The lowest BCUT2D eigenvalue weighted by Gasteiger charge is -2.34. The van der Waals surface area contributed by atoms with Crippen LogP contribution in [0.25, 0.3) is 0 Å². The average Bonchev–Trinajstić information content (AvgIpc) is 2.67. The van der Waals surface area contributed by atoms with Crippen molar-refractivity contribution in [3.8, 4) is 0 Å². The van der Waals surface area contributed by atoms with Crippen molar-refractivity contribution >= 4 is 17.5 Å². The third kappa shape index (κ3) is 3.74. The molecule has 1 aliphatic heterocycles. The van der Waals surface area contributed by atoms with Gasteiger partial charge in [-0.05, 0) is 31.2 Å². The van der Waals surface area contributed by atoms with Crippen LogP contribution in [0, 0.1) is 5.41 Å². The average molecular weight is 336 g/mol. The molecule has 6 nitrogen and oxygen atoms in total. The van der Waals surface area contributed by atoms with Gasteiger partial charge in [-0.3, -0.25) is 14.6 Å². The minimum atomic E-state index is -0.0894. The fourth-order valence-corrected chi connectivity index (χ4v) is 2.80. The molecule has 1 aromatic heterocycles. The van der Waals surface area contributed by atoms with Crippen molar-refractivity contribution < 1.29 is 9.59 Å². The van der Waals surface area contributed by atoms with E-state index in [1.807, 2.05) is 18.2 Å². The number of piperazine rings is 1. The first-order valence-electron chi connectivity index (χ1n) is 8.21. The Kier molecular flexibility index (Phi) is 4.88. The Morgan fingerprint density at radius 3 is 1.92 bits per heavy atom. The lowest BCUT2D eigenvalue weighted by Crippen LogP contribution is -2.50. The van der Waals surface area contributed by atoms with Gasteiger partial charge in [0.05, 0.1) is 17.0 Å². The molecular formula is C19H20N4O2. The van der Waals surface area contributed by atoms with Crippen molar-refractivity contribution in [2.75, 3.05) is 26.2 Å². The van der Waals surface area contributed by atoms with Crippen LogP contribution in [0.4, 0.5) is 0 Å². The summed E-state index contributed by atoms with van der Waals surface area (Å²) in [5, 5.41) is 7.55. The van der Waals surface area contributed by atoms with Crippen molar-refractivity contribution in [3.63, 3.8) is 0 Å². The smallest absolute Gasteiger partial charge is 0.255 e. The lowest BCUT2D eigenvalue weighted by atomic mass is 10.1. The first-order valence-corrected chi connectivity index (χ1v) is 8.21. The van der Waals surface area contributed by atoms with Crippen molar-refractivity contribution in [2.45, 2.75) is 6.92 Å². The molecule has 25 heavy (non-hydrogen) atoms. The van der Waals surface area contributed by atoms with Gasteiger partial charge in [-0.1, -0.05) is 18.2 Å². The van der Waals surface area contributed by atoms with Gasteiger partial charge in [0.1, 0.15) is 0 Å². The second kappa shape index (κ2) is 7.25. The van der Waals surface area contributed by atoms with E-state index in [0.717, 1.165) is 0 Å². The number of nitrogens with one attached hydrogen (secondary N) is 1. The van der Waals surface area contributed by atoms with Gasteiger partial charge in [0.25, 0.3) is 11.8 Å². The van der Waals surface area contributed by atoms with Crippen molar-refractivity contribution in [1.82, 2.24) is 14.8 Å². The molecule has 0 saturated carbocycles. The van der Waals surface area contributed by atoms with E-state index in [1.165, 1.54) is 6.20 Å². The van der Waals surface area contributed by atoms with Crippen LogP contribution in [0.1, 0.15) is 33.3 Å². The Hall–Kier alpha value is -3.02. The number of pyridine rings is 1. The molecule has 2 aromatic rings. The lowest BCUT2D eigenvalue weighted by molar-refractivity contribution is 0.0535. The number of nitrogens with zero attached hydrogens (tertiary/aromatic N) is 3. The Balaban J connectivity index is 1.61. The minimum Gasteiger partial charge on any atom is -0.335 e. The molecule has 0 spiro atoms. The van der Waals surface area contributed by atoms with Gasteiger partial charge in [0, 0.05) is 37.9 Å². The van der Waals surface area contributed by atoms with E-state index in [9.17, 15) is 9.59 Å². The van der Waals surface area contributed by atoms with E-state index in [0.29, 0.717) is 48.7 Å². The zero-order chi connectivity index (χ0) is 17.8. The monoisotopic (exact) mass is 336 g/mol. The summed E-state index contributed by atoms with van der Waals surface area (Å²) in [5.74, 6) is -0.0892. The Bertz CT molecular complexity index is 779. The summed E-state index contributed by atoms with van der Waals surface area (Å²) in [7, 11) is 0. The summed E-state index contributed by atoms with van der Waals surface area (Å²) < 4.78 is 0. The Labute approximate surface area is 146 Å². The zero-order valence-corrected chi connectivity index (χ0v) is 14.1. The number of benzene rings is 1. The molecule has 3 rings (SSSR count). The van der Waals surface area contributed by atoms with Crippen LogP contribution in [0.15, 0.2) is 48.7 Å². The molecule has 0 atom stereocenters. The van der Waals surface area contributed by atoms with E-state index < -0.39 is 0 Å². The van der Waals surface area contributed by atoms with Gasteiger partial charge >= 0.3 is 0 Å². The molecular weight excluding hydrogens is 316 g/mol. The van der Waals surface area contributed by atoms with E-state index in [4.69, 9.17) is 5.41 Å². The summed E-state index contributed by atoms with van der Waals surface area (Å²) in [6, 6.07) is 12.6. The second-order valence-corrected chi connectivity index (χ2v) is 6.01. The third-order valence-corrected chi connectivity index (χ3v) is 4.27. The summed E-state index contributed by atoms with van der Waals surface area (Å²) in [6.45, 7) is 3.70. The van der Waals surface area contributed by atoms with E-state index >= 15 is 0 Å². The number of carbonyl (C=O) groups is 2. The maximum Gasteiger partial charge on any atom is 0.255 e. The van der Waals surface area contributed by atoms with Gasteiger partial charge in [0.2, 0.25) is 0 Å².